The van der Waals surface area contributed by atoms with Gasteiger partial charge in [0.25, 0.3) is 0 Å². The lowest BCUT2D eigenvalue weighted by Gasteiger charge is -2.27. The Morgan fingerprint density at radius 3 is 2.43 bits per heavy atom. The molecule has 3 rings (SSSR count). The van der Waals surface area contributed by atoms with Crippen LogP contribution in [0.15, 0.2) is 54.6 Å². The Bertz CT molecular complexity index is 730. The number of nitrogens with one attached hydrogen (secondary N) is 1. The van der Waals surface area contributed by atoms with Crippen molar-refractivity contribution in [3.8, 4) is 5.75 Å². The maximum Gasteiger partial charge on any atom is 0.317 e. The molecule has 5 heteroatoms. The molecular weight excluding hydrogens is 350 g/mol. The highest BCUT2D eigenvalue weighted by atomic mass is 16.5. The van der Waals surface area contributed by atoms with Crippen LogP contribution < -0.4 is 10.1 Å². The average Bonchev–Trinajstić information content (AvgIpc) is 2.74. The van der Waals surface area contributed by atoms with Gasteiger partial charge in [0.2, 0.25) is 0 Å². The van der Waals surface area contributed by atoms with Crippen molar-refractivity contribution in [2.24, 2.45) is 0 Å². The predicted molar refractivity (Wildman–Crippen MR) is 112 cm³/mol. The summed E-state index contributed by atoms with van der Waals surface area (Å²) in [5, 5.41) is 3.04. The van der Waals surface area contributed by atoms with Gasteiger partial charge in [0.15, 0.2) is 0 Å². The van der Waals surface area contributed by atoms with E-state index in [4.69, 9.17) is 4.74 Å². The molecule has 0 unspecified atom stereocenters. The van der Waals surface area contributed by atoms with Gasteiger partial charge in [-0.3, -0.25) is 4.90 Å². The lowest BCUT2D eigenvalue weighted by Crippen LogP contribution is -2.39. The fourth-order valence-corrected chi connectivity index (χ4v) is 3.47. The number of amides is 2. The number of urea groups is 1. The molecule has 1 N–H and O–H groups in total. The first-order valence-corrected chi connectivity index (χ1v) is 10.2. The molecule has 150 valence electrons. The van der Waals surface area contributed by atoms with Gasteiger partial charge in [0.05, 0.1) is 6.54 Å². The lowest BCUT2D eigenvalue weighted by molar-refractivity contribution is 0.195. The van der Waals surface area contributed by atoms with Crippen molar-refractivity contribution in [1.82, 2.24) is 15.1 Å². The van der Waals surface area contributed by atoms with Crippen molar-refractivity contribution in [2.75, 3.05) is 33.3 Å². The molecule has 1 aliphatic rings. The van der Waals surface area contributed by atoms with Gasteiger partial charge >= 0.3 is 6.03 Å². The summed E-state index contributed by atoms with van der Waals surface area (Å²) in [7, 11) is 1.79. The van der Waals surface area contributed by atoms with E-state index in [-0.39, 0.29) is 6.03 Å². The normalized spacial score (nSPS) is 14.5. The van der Waals surface area contributed by atoms with Crippen LogP contribution in [-0.4, -0.2) is 49.1 Å². The summed E-state index contributed by atoms with van der Waals surface area (Å²) in [6.45, 7) is 4.87. The minimum absolute atomic E-state index is 0.0792. The number of carbonyl (C=O) groups is 1. The van der Waals surface area contributed by atoms with Crippen LogP contribution in [0.1, 0.15) is 30.4 Å². The zero-order valence-corrected chi connectivity index (χ0v) is 16.8. The molecule has 2 aromatic rings. The van der Waals surface area contributed by atoms with Crippen molar-refractivity contribution < 1.29 is 9.53 Å². The Hall–Kier alpha value is -2.53. The van der Waals surface area contributed by atoms with Gasteiger partial charge < -0.3 is 15.0 Å². The number of hydrogen-bond donors (Lipinski definition) is 1. The maximum atomic E-state index is 12.4. The van der Waals surface area contributed by atoms with Crippen molar-refractivity contribution in [1.29, 1.82) is 0 Å². The Morgan fingerprint density at radius 2 is 1.68 bits per heavy atom. The Morgan fingerprint density at radius 1 is 1.00 bits per heavy atom. The molecule has 0 aliphatic carbocycles. The SMILES string of the molecule is CN(CCOc1ccccc1)C(=O)NCc1ccccc1CN1CCCCC1. The molecule has 0 atom stereocenters. The number of hydrogen-bond acceptors (Lipinski definition) is 3. The second-order valence-corrected chi connectivity index (χ2v) is 7.35. The van der Waals surface area contributed by atoms with Gasteiger partial charge in [-0.05, 0) is 49.2 Å². The monoisotopic (exact) mass is 381 g/mol. The summed E-state index contributed by atoms with van der Waals surface area (Å²) in [4.78, 5) is 16.6. The Balaban J connectivity index is 1.44. The number of ether oxygens (including phenoxy) is 1. The van der Waals surface area contributed by atoms with E-state index >= 15 is 0 Å². The number of likely N-dealkylation sites (tertiary alicyclic amines) is 1. The zero-order valence-electron chi connectivity index (χ0n) is 16.8. The smallest absolute Gasteiger partial charge is 0.317 e. The van der Waals surface area contributed by atoms with E-state index in [0.717, 1.165) is 12.3 Å². The number of likely N-dealkylation sites (N-methyl/N-ethyl adjacent to an activating group) is 1. The molecule has 1 aliphatic heterocycles. The fourth-order valence-electron chi connectivity index (χ4n) is 3.47. The van der Waals surface area contributed by atoms with E-state index in [0.29, 0.717) is 19.7 Å². The van der Waals surface area contributed by atoms with Crippen LogP contribution in [0, 0.1) is 0 Å². The molecule has 2 aromatic carbocycles. The lowest BCUT2D eigenvalue weighted by atomic mass is 10.0. The summed E-state index contributed by atoms with van der Waals surface area (Å²) in [6.07, 6.45) is 3.91. The standard InChI is InChI=1S/C23H31N3O2/c1-25(16-17-28-22-12-4-2-5-13-22)23(27)24-18-20-10-6-7-11-21(20)19-26-14-8-3-9-15-26/h2,4-7,10-13H,3,8-9,14-19H2,1H3,(H,24,27). The fraction of sp³-hybridized carbons (Fsp3) is 0.435. The first kappa shape index (κ1) is 20.2. The van der Waals surface area contributed by atoms with Crippen LogP contribution in [0.5, 0.6) is 5.75 Å². The molecule has 0 saturated carbocycles. The number of nitrogens with zero attached hydrogens (tertiary/aromatic N) is 2. The van der Waals surface area contributed by atoms with E-state index in [1.807, 2.05) is 36.4 Å². The van der Waals surface area contributed by atoms with Crippen molar-refractivity contribution >= 4 is 6.03 Å². The number of carbonyl (C=O) groups excluding carboxylic acids is 1. The third kappa shape index (κ3) is 6.27. The van der Waals surface area contributed by atoms with Crippen LogP contribution in [0.2, 0.25) is 0 Å². The second kappa shape index (κ2) is 10.7. The molecular formula is C23H31N3O2. The molecule has 0 radical (unpaired) electrons. The van der Waals surface area contributed by atoms with Gasteiger partial charge in [-0.1, -0.05) is 48.9 Å². The minimum Gasteiger partial charge on any atom is -0.492 e. The minimum atomic E-state index is -0.0792. The quantitative estimate of drug-likeness (QED) is 0.754. The van der Waals surface area contributed by atoms with Gasteiger partial charge in [0, 0.05) is 20.1 Å². The van der Waals surface area contributed by atoms with Gasteiger partial charge in [0.1, 0.15) is 12.4 Å². The molecule has 0 spiro atoms. The van der Waals surface area contributed by atoms with E-state index < -0.39 is 0 Å². The second-order valence-electron chi connectivity index (χ2n) is 7.35. The topological polar surface area (TPSA) is 44.8 Å². The van der Waals surface area contributed by atoms with Crippen LogP contribution in [-0.2, 0) is 13.1 Å². The van der Waals surface area contributed by atoms with Crippen LogP contribution in [0.25, 0.3) is 0 Å². The summed E-state index contributed by atoms with van der Waals surface area (Å²) in [6, 6.07) is 18.0. The van der Waals surface area contributed by atoms with Crippen molar-refractivity contribution in [3.63, 3.8) is 0 Å². The van der Waals surface area contributed by atoms with Gasteiger partial charge in [-0.15, -0.1) is 0 Å². The van der Waals surface area contributed by atoms with E-state index in [2.05, 4.69) is 28.4 Å². The van der Waals surface area contributed by atoms with E-state index in [1.165, 1.54) is 43.5 Å². The summed E-state index contributed by atoms with van der Waals surface area (Å²) in [5.41, 5.74) is 2.50. The predicted octanol–water partition coefficient (Wildman–Crippen LogP) is 3.89. The first-order valence-electron chi connectivity index (χ1n) is 10.2. The highest BCUT2D eigenvalue weighted by Crippen LogP contribution is 2.16. The van der Waals surface area contributed by atoms with Crippen LogP contribution in [0.3, 0.4) is 0 Å². The summed E-state index contributed by atoms with van der Waals surface area (Å²) < 4.78 is 5.67. The first-order chi connectivity index (χ1) is 13.7. The van der Waals surface area contributed by atoms with Crippen molar-refractivity contribution in [3.05, 3.63) is 65.7 Å². The van der Waals surface area contributed by atoms with E-state index in [1.54, 1.807) is 11.9 Å². The number of benzene rings is 2. The molecule has 5 nitrogen and oxygen atoms in total. The van der Waals surface area contributed by atoms with Gasteiger partial charge in [-0.25, -0.2) is 4.79 Å². The van der Waals surface area contributed by atoms with Crippen molar-refractivity contribution in [2.45, 2.75) is 32.4 Å². The molecule has 1 heterocycles. The molecule has 28 heavy (non-hydrogen) atoms. The maximum absolute atomic E-state index is 12.4. The zero-order chi connectivity index (χ0) is 19.6. The Labute approximate surface area is 168 Å². The highest BCUT2D eigenvalue weighted by molar-refractivity contribution is 5.73. The van der Waals surface area contributed by atoms with E-state index in [9.17, 15) is 4.79 Å². The summed E-state index contributed by atoms with van der Waals surface area (Å²) >= 11 is 0. The largest absolute Gasteiger partial charge is 0.492 e. The number of piperidine rings is 1. The molecule has 1 fully saturated rings. The molecule has 1 saturated heterocycles. The van der Waals surface area contributed by atoms with Crippen LogP contribution >= 0.6 is 0 Å². The Kier molecular flexibility index (Phi) is 7.73. The molecule has 0 bridgehead atoms. The average molecular weight is 382 g/mol. The highest BCUT2D eigenvalue weighted by Gasteiger charge is 2.13. The van der Waals surface area contributed by atoms with Gasteiger partial charge in [-0.2, -0.15) is 0 Å². The molecule has 2 amide bonds. The number of para-hydroxylation sites is 1. The third-order valence-corrected chi connectivity index (χ3v) is 5.18. The third-order valence-electron chi connectivity index (χ3n) is 5.18. The van der Waals surface area contributed by atoms with Crippen LogP contribution in [0.4, 0.5) is 4.79 Å². The number of rotatable bonds is 8. The molecule has 0 aromatic heterocycles. The summed E-state index contributed by atoms with van der Waals surface area (Å²) in [5.74, 6) is 0.822.